The number of carbonyl (C=O) groups is 1. The van der Waals surface area contributed by atoms with Crippen LogP contribution < -0.4 is 0 Å². The number of fused-ring (bicyclic) bond motifs is 1. The van der Waals surface area contributed by atoms with Crippen molar-refractivity contribution in [2.24, 2.45) is 5.92 Å². The van der Waals surface area contributed by atoms with Crippen molar-refractivity contribution in [3.8, 4) is 0 Å². The van der Waals surface area contributed by atoms with Crippen LogP contribution in [-0.2, 0) is 19.0 Å². The number of allylic oxidation sites excluding steroid dienone is 2. The van der Waals surface area contributed by atoms with Gasteiger partial charge >= 0.3 is 5.97 Å². The fourth-order valence-corrected chi connectivity index (χ4v) is 4.20. The van der Waals surface area contributed by atoms with E-state index in [0.717, 1.165) is 50.7 Å². The molecule has 0 bridgehead atoms. The van der Waals surface area contributed by atoms with E-state index in [4.69, 9.17) is 9.47 Å². The minimum Gasteiger partial charge on any atom is -0.469 e. The zero-order valence-corrected chi connectivity index (χ0v) is 16.7. The maximum absolute atomic E-state index is 11.2. The molecule has 1 heterocycles. The summed E-state index contributed by atoms with van der Waals surface area (Å²) in [6, 6.07) is 8.13. The van der Waals surface area contributed by atoms with Gasteiger partial charge in [0.1, 0.15) is 0 Å². The summed E-state index contributed by atoms with van der Waals surface area (Å²) in [6.07, 6.45) is 9.67. The van der Waals surface area contributed by atoms with E-state index < -0.39 is 6.10 Å². The molecule has 1 saturated heterocycles. The quantitative estimate of drug-likeness (QED) is 0.389. The highest BCUT2D eigenvalue weighted by Gasteiger charge is 2.39. The number of methoxy groups -OCH3 is 1. The number of aliphatic hydroxyl groups is 1. The number of hydrogen-bond donors (Lipinski definition) is 1. The Hall–Kier alpha value is -1.69. The largest absolute Gasteiger partial charge is 0.469 e. The van der Waals surface area contributed by atoms with Gasteiger partial charge in [-0.3, -0.25) is 4.79 Å². The molecule has 0 aromatic heterocycles. The monoisotopic (exact) mass is 388 g/mol. The molecule has 5 heteroatoms. The van der Waals surface area contributed by atoms with E-state index in [1.807, 2.05) is 18.2 Å². The molecule has 1 fully saturated rings. The average Bonchev–Trinajstić information content (AvgIpc) is 3.01. The molecule has 4 atom stereocenters. The van der Waals surface area contributed by atoms with Crippen molar-refractivity contribution in [1.82, 2.24) is 0 Å². The van der Waals surface area contributed by atoms with Crippen molar-refractivity contribution in [2.45, 2.75) is 63.3 Å². The zero-order valence-electron chi connectivity index (χ0n) is 16.7. The lowest BCUT2D eigenvalue weighted by atomic mass is 9.89. The Bertz CT molecular complexity index is 650. The molecule has 1 aliphatic carbocycles. The smallest absolute Gasteiger partial charge is 0.305 e. The third-order valence-corrected chi connectivity index (χ3v) is 5.79. The van der Waals surface area contributed by atoms with Crippen LogP contribution in [0.1, 0.15) is 68.1 Å². The summed E-state index contributed by atoms with van der Waals surface area (Å²) >= 11 is 0. The predicted octanol–water partition coefficient (Wildman–Crippen LogP) is 4.27. The maximum atomic E-state index is 11.2. The molecule has 5 nitrogen and oxygen atoms in total. The summed E-state index contributed by atoms with van der Waals surface area (Å²) in [5.74, 6) is 0.0894. The number of hydrogen-bond acceptors (Lipinski definition) is 5. The first-order valence-electron chi connectivity index (χ1n) is 10.4. The van der Waals surface area contributed by atoms with E-state index in [-0.39, 0.29) is 24.1 Å². The molecule has 154 valence electrons. The molecular weight excluding hydrogens is 356 g/mol. The minimum atomic E-state index is -0.475. The normalized spacial score (nSPS) is 27.1. The van der Waals surface area contributed by atoms with E-state index in [1.165, 1.54) is 12.7 Å². The van der Waals surface area contributed by atoms with Crippen LogP contribution in [0.5, 0.6) is 0 Å². The molecule has 0 saturated carbocycles. The van der Waals surface area contributed by atoms with E-state index in [0.29, 0.717) is 13.0 Å². The summed E-state index contributed by atoms with van der Waals surface area (Å²) in [5.41, 5.74) is 2.21. The van der Waals surface area contributed by atoms with Crippen LogP contribution in [0.2, 0.25) is 0 Å². The van der Waals surface area contributed by atoms with Gasteiger partial charge in [-0.2, -0.15) is 0 Å². The maximum Gasteiger partial charge on any atom is 0.305 e. The second kappa shape index (κ2) is 10.7. The molecule has 0 radical (unpaired) electrons. The predicted molar refractivity (Wildman–Crippen MR) is 107 cm³/mol. The van der Waals surface area contributed by atoms with Crippen LogP contribution in [0.25, 0.3) is 0 Å². The molecule has 2 aliphatic rings. The van der Waals surface area contributed by atoms with Gasteiger partial charge in [0.15, 0.2) is 6.29 Å². The Morgan fingerprint density at radius 1 is 1.25 bits per heavy atom. The Labute approximate surface area is 167 Å². The molecule has 4 unspecified atom stereocenters. The fraction of sp³-hybridized carbons (Fsp3) is 0.609. The zero-order chi connectivity index (χ0) is 19.8. The average molecular weight is 389 g/mol. The van der Waals surface area contributed by atoms with Gasteiger partial charge in [-0.15, -0.1) is 0 Å². The van der Waals surface area contributed by atoms with E-state index >= 15 is 0 Å². The standard InChI is InChI=1S/C23H32O5/c1-26-21(24)13-5-3-2-4-11-19-20(16-28-22-14-8-9-15-27-22)17-10-6-7-12-18(17)23(19)25/h2,4,6-7,10,12,19-20,22-23,25H,3,5,8-9,11,13-16H2,1H3/b4-2-. The summed E-state index contributed by atoms with van der Waals surface area (Å²) in [7, 11) is 1.41. The van der Waals surface area contributed by atoms with Crippen LogP contribution in [0, 0.1) is 5.92 Å². The second-order valence-electron chi connectivity index (χ2n) is 7.65. The first kappa shape index (κ1) is 21.0. The molecule has 3 rings (SSSR count). The minimum absolute atomic E-state index is 0.0952. The van der Waals surface area contributed by atoms with Crippen molar-refractivity contribution in [3.05, 3.63) is 47.5 Å². The Morgan fingerprint density at radius 3 is 2.82 bits per heavy atom. The van der Waals surface area contributed by atoms with Gasteiger partial charge in [-0.25, -0.2) is 0 Å². The Balaban J connectivity index is 1.56. The van der Waals surface area contributed by atoms with Crippen molar-refractivity contribution < 1.29 is 24.1 Å². The van der Waals surface area contributed by atoms with Gasteiger partial charge < -0.3 is 19.3 Å². The van der Waals surface area contributed by atoms with Crippen molar-refractivity contribution in [2.75, 3.05) is 20.3 Å². The number of carbonyl (C=O) groups excluding carboxylic acids is 1. The van der Waals surface area contributed by atoms with E-state index in [2.05, 4.69) is 23.0 Å². The molecule has 1 aromatic carbocycles. The number of rotatable bonds is 9. The van der Waals surface area contributed by atoms with Gasteiger partial charge in [0.25, 0.3) is 0 Å². The number of benzene rings is 1. The number of ether oxygens (including phenoxy) is 3. The highest BCUT2D eigenvalue weighted by molar-refractivity contribution is 5.69. The molecule has 0 amide bonds. The number of aliphatic hydroxyl groups excluding tert-OH is 1. The van der Waals surface area contributed by atoms with Crippen molar-refractivity contribution in [3.63, 3.8) is 0 Å². The summed E-state index contributed by atoms with van der Waals surface area (Å²) in [5, 5.41) is 10.9. The van der Waals surface area contributed by atoms with Crippen LogP contribution in [0.4, 0.5) is 0 Å². The Morgan fingerprint density at radius 2 is 2.07 bits per heavy atom. The molecule has 0 spiro atoms. The van der Waals surface area contributed by atoms with E-state index in [1.54, 1.807) is 0 Å². The molecular formula is C23H32O5. The second-order valence-corrected chi connectivity index (χ2v) is 7.65. The van der Waals surface area contributed by atoms with Crippen LogP contribution in [0.15, 0.2) is 36.4 Å². The highest BCUT2D eigenvalue weighted by Crippen LogP contribution is 2.47. The first-order valence-corrected chi connectivity index (χ1v) is 10.4. The van der Waals surface area contributed by atoms with Gasteiger partial charge in [-0.1, -0.05) is 36.4 Å². The van der Waals surface area contributed by atoms with Crippen LogP contribution in [0.3, 0.4) is 0 Å². The number of unbranched alkanes of at least 4 members (excludes halogenated alkanes) is 1. The van der Waals surface area contributed by atoms with Crippen LogP contribution >= 0.6 is 0 Å². The lowest BCUT2D eigenvalue weighted by Crippen LogP contribution is -2.26. The van der Waals surface area contributed by atoms with Gasteiger partial charge in [-0.05, 0) is 49.7 Å². The molecule has 1 N–H and O–H groups in total. The van der Waals surface area contributed by atoms with Gasteiger partial charge in [0, 0.05) is 24.9 Å². The molecule has 28 heavy (non-hydrogen) atoms. The molecule has 1 aliphatic heterocycles. The Kier molecular flexibility index (Phi) is 8.07. The lowest BCUT2D eigenvalue weighted by Gasteiger charge is -2.27. The van der Waals surface area contributed by atoms with Crippen LogP contribution in [-0.4, -0.2) is 37.7 Å². The van der Waals surface area contributed by atoms with Crippen molar-refractivity contribution >= 4 is 5.97 Å². The molecule has 1 aromatic rings. The highest BCUT2D eigenvalue weighted by atomic mass is 16.7. The fourth-order valence-electron chi connectivity index (χ4n) is 4.20. The third kappa shape index (κ3) is 5.43. The topological polar surface area (TPSA) is 65.0 Å². The third-order valence-electron chi connectivity index (χ3n) is 5.79. The van der Waals surface area contributed by atoms with Gasteiger partial charge in [0.05, 0.1) is 19.8 Å². The first-order chi connectivity index (χ1) is 13.7. The van der Waals surface area contributed by atoms with Crippen molar-refractivity contribution in [1.29, 1.82) is 0 Å². The lowest BCUT2D eigenvalue weighted by molar-refractivity contribution is -0.167. The number of esters is 1. The summed E-state index contributed by atoms with van der Waals surface area (Å²) < 4.78 is 16.4. The van der Waals surface area contributed by atoms with Gasteiger partial charge in [0.2, 0.25) is 0 Å². The summed E-state index contributed by atoms with van der Waals surface area (Å²) in [6.45, 7) is 1.34. The SMILES string of the molecule is COC(=O)CCC/C=C\CC1C(O)c2ccccc2C1COC1CCCCO1. The summed E-state index contributed by atoms with van der Waals surface area (Å²) in [4.78, 5) is 11.2. The van der Waals surface area contributed by atoms with E-state index in [9.17, 15) is 9.90 Å².